The minimum Gasteiger partial charge on any atom is -0.403 e. The van der Waals surface area contributed by atoms with Crippen LogP contribution in [0.2, 0.25) is 0 Å². The van der Waals surface area contributed by atoms with Gasteiger partial charge in [0.15, 0.2) is 0 Å². The molecule has 0 aliphatic rings. The van der Waals surface area contributed by atoms with Crippen LogP contribution in [0.3, 0.4) is 0 Å². The highest BCUT2D eigenvalue weighted by molar-refractivity contribution is 7.99. The molecule has 1 aromatic heterocycles. The fourth-order valence-corrected chi connectivity index (χ4v) is 3.19. The van der Waals surface area contributed by atoms with Gasteiger partial charge in [-0.25, -0.2) is 0 Å². The van der Waals surface area contributed by atoms with Crippen molar-refractivity contribution in [2.24, 2.45) is 0 Å². The van der Waals surface area contributed by atoms with Gasteiger partial charge in [-0.05, 0) is 24.3 Å². The maximum absolute atomic E-state index is 12.2. The van der Waals surface area contributed by atoms with Gasteiger partial charge >= 0.3 is 6.01 Å². The number of non-ortho nitro benzene ring substituents is 1. The van der Waals surface area contributed by atoms with Crippen molar-refractivity contribution in [3.63, 3.8) is 0 Å². The molecule has 0 saturated carbocycles. The lowest BCUT2D eigenvalue weighted by Gasteiger charge is -2.05. The molecule has 0 aliphatic heterocycles. The zero-order valence-electron chi connectivity index (χ0n) is 14.6. The summed E-state index contributed by atoms with van der Waals surface area (Å²) < 4.78 is 5.50. The predicted molar refractivity (Wildman–Crippen MR) is 102 cm³/mol. The van der Waals surface area contributed by atoms with Crippen LogP contribution in [0, 0.1) is 10.1 Å². The smallest absolute Gasteiger partial charge is 0.322 e. The number of amides is 1. The Hall–Kier alpha value is -3.20. The molecule has 0 fully saturated rings. The van der Waals surface area contributed by atoms with Gasteiger partial charge in [0.1, 0.15) is 0 Å². The number of anilines is 1. The second-order valence-electron chi connectivity index (χ2n) is 5.87. The van der Waals surface area contributed by atoms with Crippen LogP contribution in [0.15, 0.2) is 57.8 Å². The van der Waals surface area contributed by atoms with E-state index in [0.29, 0.717) is 5.25 Å². The number of hydrogen-bond donors (Lipinski definition) is 1. The van der Waals surface area contributed by atoms with Gasteiger partial charge in [0, 0.05) is 33.4 Å². The highest BCUT2D eigenvalue weighted by Gasteiger charge is 2.15. The van der Waals surface area contributed by atoms with Crippen LogP contribution in [0.25, 0.3) is 11.5 Å². The Labute approximate surface area is 159 Å². The van der Waals surface area contributed by atoms with Crippen LogP contribution < -0.4 is 5.32 Å². The largest absolute Gasteiger partial charge is 0.403 e. The quantitative estimate of drug-likeness (QED) is 0.381. The van der Waals surface area contributed by atoms with Crippen LogP contribution in [0.5, 0.6) is 0 Å². The average Bonchev–Trinajstić information content (AvgIpc) is 3.10. The number of carbonyl (C=O) groups is 1. The van der Waals surface area contributed by atoms with Crippen LogP contribution >= 0.6 is 11.8 Å². The van der Waals surface area contributed by atoms with E-state index in [4.69, 9.17) is 4.42 Å². The summed E-state index contributed by atoms with van der Waals surface area (Å²) in [6.07, 6.45) is 0. The molecular weight excluding hydrogens is 368 g/mol. The van der Waals surface area contributed by atoms with Crippen molar-refractivity contribution in [3.05, 3.63) is 64.2 Å². The number of carbonyl (C=O) groups excluding carboxylic acids is 1. The number of rotatable bonds is 6. The van der Waals surface area contributed by atoms with Gasteiger partial charge < -0.3 is 4.42 Å². The standard InChI is InChI=1S/C18H16N4O4S/c1-11(2)27-15-8-4-6-13(10-15)17-20-21-18(26-17)19-16(23)12-5-3-7-14(9-12)22(24)25/h3-11H,1-2H3,(H,19,21,23). The van der Waals surface area contributed by atoms with Crippen LogP contribution in [-0.2, 0) is 0 Å². The number of nitrogens with zero attached hydrogens (tertiary/aromatic N) is 3. The van der Waals surface area contributed by atoms with Crippen LogP contribution in [0.1, 0.15) is 24.2 Å². The summed E-state index contributed by atoms with van der Waals surface area (Å²) in [4.78, 5) is 23.6. The molecule has 1 N–H and O–H groups in total. The molecule has 8 nitrogen and oxygen atoms in total. The summed E-state index contributed by atoms with van der Waals surface area (Å²) >= 11 is 1.71. The van der Waals surface area contributed by atoms with Gasteiger partial charge in [-0.2, -0.15) is 0 Å². The lowest BCUT2D eigenvalue weighted by molar-refractivity contribution is -0.384. The molecule has 3 rings (SSSR count). The normalized spacial score (nSPS) is 10.8. The van der Waals surface area contributed by atoms with Gasteiger partial charge in [0.05, 0.1) is 4.92 Å². The van der Waals surface area contributed by atoms with Crippen molar-refractivity contribution in [1.82, 2.24) is 10.2 Å². The molecule has 0 atom stereocenters. The number of aromatic nitrogens is 2. The molecule has 0 saturated heterocycles. The van der Waals surface area contributed by atoms with Crippen molar-refractivity contribution in [2.75, 3.05) is 5.32 Å². The maximum atomic E-state index is 12.2. The van der Waals surface area contributed by atoms with Crippen LogP contribution in [-0.4, -0.2) is 26.3 Å². The van der Waals surface area contributed by atoms with Crippen molar-refractivity contribution in [1.29, 1.82) is 0 Å². The fraction of sp³-hybridized carbons (Fsp3) is 0.167. The molecular formula is C18H16N4O4S. The van der Waals surface area contributed by atoms with E-state index in [0.717, 1.165) is 10.5 Å². The maximum Gasteiger partial charge on any atom is 0.322 e. The number of benzene rings is 2. The third-order valence-corrected chi connectivity index (χ3v) is 4.41. The third kappa shape index (κ3) is 4.70. The van der Waals surface area contributed by atoms with E-state index in [2.05, 4.69) is 29.4 Å². The Kier molecular flexibility index (Phi) is 5.51. The van der Waals surface area contributed by atoms with E-state index in [1.165, 1.54) is 24.3 Å². The molecule has 138 valence electrons. The first-order chi connectivity index (χ1) is 12.9. The number of thioether (sulfide) groups is 1. The van der Waals surface area contributed by atoms with Gasteiger partial charge in [0.25, 0.3) is 11.6 Å². The van der Waals surface area contributed by atoms with Crippen molar-refractivity contribution >= 4 is 29.4 Å². The summed E-state index contributed by atoms with van der Waals surface area (Å²) in [7, 11) is 0. The van der Waals surface area contributed by atoms with Gasteiger partial charge in [-0.15, -0.1) is 16.9 Å². The highest BCUT2D eigenvalue weighted by atomic mass is 32.2. The number of hydrogen-bond acceptors (Lipinski definition) is 7. The second kappa shape index (κ2) is 8.00. The van der Waals surface area contributed by atoms with Crippen molar-refractivity contribution in [3.8, 4) is 11.5 Å². The molecule has 0 spiro atoms. The monoisotopic (exact) mass is 384 g/mol. The zero-order chi connectivity index (χ0) is 19.4. The zero-order valence-corrected chi connectivity index (χ0v) is 15.4. The van der Waals surface area contributed by atoms with Gasteiger partial charge in [0.2, 0.25) is 5.89 Å². The molecule has 0 bridgehead atoms. The lowest BCUT2D eigenvalue weighted by Crippen LogP contribution is -2.12. The molecule has 1 heterocycles. The van der Waals surface area contributed by atoms with E-state index in [-0.39, 0.29) is 23.2 Å². The first-order valence-electron chi connectivity index (χ1n) is 8.09. The minimum atomic E-state index is -0.571. The Bertz CT molecular complexity index is 987. The van der Waals surface area contributed by atoms with E-state index in [1.54, 1.807) is 11.8 Å². The van der Waals surface area contributed by atoms with Gasteiger partial charge in [-0.1, -0.05) is 31.1 Å². The van der Waals surface area contributed by atoms with Crippen molar-refractivity contribution < 1.29 is 14.1 Å². The molecule has 27 heavy (non-hydrogen) atoms. The topological polar surface area (TPSA) is 111 Å². The third-order valence-electron chi connectivity index (χ3n) is 3.42. The highest BCUT2D eigenvalue weighted by Crippen LogP contribution is 2.28. The number of nitro benzene ring substituents is 1. The molecule has 1 amide bonds. The average molecular weight is 384 g/mol. The van der Waals surface area contributed by atoms with Crippen LogP contribution in [0.4, 0.5) is 11.7 Å². The summed E-state index contributed by atoms with van der Waals surface area (Å²) in [5.74, 6) is -0.298. The molecule has 3 aromatic rings. The second-order valence-corrected chi connectivity index (χ2v) is 7.52. The molecule has 0 aliphatic carbocycles. The Morgan fingerprint density at radius 2 is 1.96 bits per heavy atom. The lowest BCUT2D eigenvalue weighted by atomic mass is 10.2. The summed E-state index contributed by atoms with van der Waals surface area (Å²) in [5, 5.41) is 21.5. The first kappa shape index (κ1) is 18.6. The minimum absolute atomic E-state index is 0.0802. The summed E-state index contributed by atoms with van der Waals surface area (Å²) in [5.41, 5.74) is 0.691. The fourth-order valence-electron chi connectivity index (χ4n) is 2.30. The summed E-state index contributed by atoms with van der Waals surface area (Å²) in [6, 6.07) is 13.0. The summed E-state index contributed by atoms with van der Waals surface area (Å²) in [6.45, 7) is 4.21. The Balaban J connectivity index is 1.75. The van der Waals surface area contributed by atoms with E-state index in [9.17, 15) is 14.9 Å². The Morgan fingerprint density at radius 3 is 2.70 bits per heavy atom. The number of nitro groups is 1. The molecule has 0 radical (unpaired) electrons. The molecule has 9 heteroatoms. The Morgan fingerprint density at radius 1 is 1.19 bits per heavy atom. The number of nitrogens with one attached hydrogen (secondary N) is 1. The van der Waals surface area contributed by atoms with Gasteiger partial charge in [-0.3, -0.25) is 20.2 Å². The first-order valence-corrected chi connectivity index (χ1v) is 8.97. The molecule has 0 unspecified atom stereocenters. The van der Waals surface area contributed by atoms with E-state index < -0.39 is 10.8 Å². The van der Waals surface area contributed by atoms with E-state index >= 15 is 0 Å². The van der Waals surface area contributed by atoms with E-state index in [1.807, 2.05) is 24.3 Å². The van der Waals surface area contributed by atoms with Crippen molar-refractivity contribution in [2.45, 2.75) is 24.0 Å². The predicted octanol–water partition coefficient (Wildman–Crippen LogP) is 4.40. The molecule has 2 aromatic carbocycles. The SMILES string of the molecule is CC(C)Sc1cccc(-c2nnc(NC(=O)c3cccc([N+](=O)[O-])c3)o2)c1.